The van der Waals surface area contributed by atoms with E-state index in [0.29, 0.717) is 6.54 Å². The number of amides is 1. The lowest BCUT2D eigenvalue weighted by Crippen LogP contribution is -2.39. The molecule has 20 heavy (non-hydrogen) atoms. The SMILES string of the molecule is C[C@H]1Oc2ccccc2CN(CCc2cccs2)C1=O. The molecule has 0 aliphatic carbocycles. The maximum atomic E-state index is 12.4. The summed E-state index contributed by atoms with van der Waals surface area (Å²) in [6, 6.07) is 12.0. The van der Waals surface area contributed by atoms with Gasteiger partial charge in [-0.3, -0.25) is 4.79 Å². The molecule has 2 aromatic rings. The van der Waals surface area contributed by atoms with Gasteiger partial charge in [0.25, 0.3) is 5.91 Å². The average Bonchev–Trinajstić information content (AvgIpc) is 2.93. The lowest BCUT2D eigenvalue weighted by atomic mass is 10.2. The second-order valence-corrected chi connectivity index (χ2v) is 5.99. The Labute approximate surface area is 122 Å². The highest BCUT2D eigenvalue weighted by Crippen LogP contribution is 2.25. The number of hydrogen-bond acceptors (Lipinski definition) is 3. The highest BCUT2D eigenvalue weighted by molar-refractivity contribution is 7.09. The third kappa shape index (κ3) is 2.70. The van der Waals surface area contributed by atoms with Gasteiger partial charge < -0.3 is 9.64 Å². The Morgan fingerprint density at radius 1 is 1.30 bits per heavy atom. The number of hydrogen-bond donors (Lipinski definition) is 0. The van der Waals surface area contributed by atoms with Crippen molar-refractivity contribution < 1.29 is 9.53 Å². The van der Waals surface area contributed by atoms with Gasteiger partial charge in [0.1, 0.15) is 5.75 Å². The second kappa shape index (κ2) is 5.67. The Morgan fingerprint density at radius 3 is 2.95 bits per heavy atom. The molecule has 0 fully saturated rings. The van der Waals surface area contributed by atoms with Crippen LogP contribution in [-0.2, 0) is 17.8 Å². The first-order chi connectivity index (χ1) is 9.74. The van der Waals surface area contributed by atoms with Crippen molar-refractivity contribution in [1.29, 1.82) is 0 Å². The molecule has 1 aliphatic rings. The first-order valence-electron chi connectivity index (χ1n) is 6.80. The van der Waals surface area contributed by atoms with Crippen LogP contribution in [0.3, 0.4) is 0 Å². The van der Waals surface area contributed by atoms with Gasteiger partial charge in [-0.1, -0.05) is 24.3 Å². The standard InChI is InChI=1S/C16H17NO2S/c1-12-16(18)17(9-8-14-6-4-10-20-14)11-13-5-2-3-7-15(13)19-12/h2-7,10,12H,8-9,11H2,1H3/t12-/m1/s1. The number of para-hydroxylation sites is 1. The minimum atomic E-state index is -0.415. The molecule has 1 aliphatic heterocycles. The fraction of sp³-hybridized carbons (Fsp3) is 0.312. The molecule has 0 spiro atoms. The Kier molecular flexibility index (Phi) is 3.74. The van der Waals surface area contributed by atoms with Crippen LogP contribution in [0.5, 0.6) is 5.75 Å². The molecule has 4 heteroatoms. The number of ether oxygens (including phenoxy) is 1. The van der Waals surface area contributed by atoms with Crippen LogP contribution in [-0.4, -0.2) is 23.5 Å². The Balaban J connectivity index is 1.77. The van der Waals surface area contributed by atoms with Gasteiger partial charge in [0.15, 0.2) is 6.10 Å². The maximum absolute atomic E-state index is 12.4. The van der Waals surface area contributed by atoms with E-state index < -0.39 is 6.10 Å². The van der Waals surface area contributed by atoms with Crippen LogP contribution in [0.25, 0.3) is 0 Å². The van der Waals surface area contributed by atoms with Gasteiger partial charge in [-0.25, -0.2) is 0 Å². The van der Waals surface area contributed by atoms with Crippen molar-refractivity contribution in [2.75, 3.05) is 6.54 Å². The lowest BCUT2D eigenvalue weighted by Gasteiger charge is -2.21. The van der Waals surface area contributed by atoms with Crippen molar-refractivity contribution >= 4 is 17.2 Å². The zero-order chi connectivity index (χ0) is 13.9. The van der Waals surface area contributed by atoms with Gasteiger partial charge in [-0.05, 0) is 30.9 Å². The highest BCUT2D eigenvalue weighted by Gasteiger charge is 2.27. The van der Waals surface area contributed by atoms with Crippen LogP contribution >= 0.6 is 11.3 Å². The Bertz CT molecular complexity index is 594. The summed E-state index contributed by atoms with van der Waals surface area (Å²) < 4.78 is 5.75. The molecular weight excluding hydrogens is 270 g/mol. The van der Waals surface area contributed by atoms with Crippen molar-refractivity contribution in [3.8, 4) is 5.75 Å². The molecule has 0 N–H and O–H groups in total. The smallest absolute Gasteiger partial charge is 0.263 e. The molecular formula is C16H17NO2S. The van der Waals surface area contributed by atoms with Crippen LogP contribution < -0.4 is 4.74 Å². The number of rotatable bonds is 3. The van der Waals surface area contributed by atoms with Crippen molar-refractivity contribution in [2.24, 2.45) is 0 Å². The number of carbonyl (C=O) groups excluding carboxylic acids is 1. The number of carbonyl (C=O) groups is 1. The predicted octanol–water partition coefficient (Wildman–Crippen LogP) is 3.10. The summed E-state index contributed by atoms with van der Waals surface area (Å²) >= 11 is 1.74. The largest absolute Gasteiger partial charge is 0.481 e. The fourth-order valence-corrected chi connectivity index (χ4v) is 3.12. The monoisotopic (exact) mass is 287 g/mol. The molecule has 2 heterocycles. The first kappa shape index (κ1) is 13.2. The van der Waals surface area contributed by atoms with E-state index in [4.69, 9.17) is 4.74 Å². The van der Waals surface area contributed by atoms with Gasteiger partial charge in [0.2, 0.25) is 0 Å². The van der Waals surface area contributed by atoms with Crippen LogP contribution in [0.1, 0.15) is 17.4 Å². The van der Waals surface area contributed by atoms with Crippen LogP contribution in [0.15, 0.2) is 41.8 Å². The van der Waals surface area contributed by atoms with Crippen LogP contribution in [0, 0.1) is 0 Å². The number of nitrogens with zero attached hydrogens (tertiary/aromatic N) is 1. The third-order valence-corrected chi connectivity index (χ3v) is 4.44. The van der Waals surface area contributed by atoms with Crippen LogP contribution in [0.4, 0.5) is 0 Å². The quantitative estimate of drug-likeness (QED) is 0.868. The molecule has 1 atom stereocenters. The normalized spacial score (nSPS) is 18.4. The van der Waals surface area contributed by atoms with E-state index in [1.807, 2.05) is 42.2 Å². The van der Waals surface area contributed by atoms with E-state index in [0.717, 1.165) is 24.3 Å². The number of benzene rings is 1. The van der Waals surface area contributed by atoms with Gasteiger partial charge >= 0.3 is 0 Å². The van der Waals surface area contributed by atoms with E-state index in [-0.39, 0.29) is 5.91 Å². The van der Waals surface area contributed by atoms with Crippen molar-refractivity contribution in [1.82, 2.24) is 4.90 Å². The van der Waals surface area contributed by atoms with Crippen LogP contribution in [0.2, 0.25) is 0 Å². The number of fused-ring (bicyclic) bond motifs is 1. The van der Waals surface area contributed by atoms with E-state index >= 15 is 0 Å². The van der Waals surface area contributed by atoms with Gasteiger partial charge in [0, 0.05) is 23.5 Å². The summed E-state index contributed by atoms with van der Waals surface area (Å²) in [6.45, 7) is 3.19. The summed E-state index contributed by atoms with van der Waals surface area (Å²) in [6.07, 6.45) is 0.486. The predicted molar refractivity (Wildman–Crippen MR) is 80.0 cm³/mol. The molecule has 3 rings (SSSR count). The van der Waals surface area contributed by atoms with Gasteiger partial charge in [-0.15, -0.1) is 11.3 Å². The van der Waals surface area contributed by atoms with Crippen molar-refractivity contribution in [3.05, 3.63) is 52.2 Å². The molecule has 3 nitrogen and oxygen atoms in total. The molecule has 0 unspecified atom stereocenters. The minimum absolute atomic E-state index is 0.0674. The molecule has 1 aromatic heterocycles. The summed E-state index contributed by atoms with van der Waals surface area (Å²) in [5.74, 6) is 0.893. The summed E-state index contributed by atoms with van der Waals surface area (Å²) in [5.41, 5.74) is 1.08. The molecule has 0 saturated carbocycles. The number of thiophene rings is 1. The van der Waals surface area contributed by atoms with E-state index in [1.54, 1.807) is 11.3 Å². The summed E-state index contributed by atoms with van der Waals surface area (Å²) in [4.78, 5) is 15.6. The van der Waals surface area contributed by atoms with E-state index in [1.165, 1.54) is 4.88 Å². The molecule has 1 amide bonds. The summed E-state index contributed by atoms with van der Waals surface area (Å²) in [5, 5.41) is 2.07. The summed E-state index contributed by atoms with van der Waals surface area (Å²) in [7, 11) is 0. The highest BCUT2D eigenvalue weighted by atomic mass is 32.1. The minimum Gasteiger partial charge on any atom is -0.481 e. The molecule has 1 aromatic carbocycles. The zero-order valence-electron chi connectivity index (χ0n) is 11.4. The second-order valence-electron chi connectivity index (χ2n) is 4.96. The molecule has 104 valence electrons. The topological polar surface area (TPSA) is 29.5 Å². The third-order valence-electron chi connectivity index (χ3n) is 3.51. The molecule has 0 bridgehead atoms. The molecule has 0 saturated heterocycles. The molecule has 0 radical (unpaired) electrons. The van der Waals surface area contributed by atoms with Gasteiger partial charge in [-0.2, -0.15) is 0 Å². The fourth-order valence-electron chi connectivity index (χ4n) is 2.42. The average molecular weight is 287 g/mol. The lowest BCUT2D eigenvalue weighted by molar-refractivity contribution is -0.137. The first-order valence-corrected chi connectivity index (χ1v) is 7.68. The maximum Gasteiger partial charge on any atom is 0.263 e. The van der Waals surface area contributed by atoms with E-state index in [2.05, 4.69) is 11.4 Å². The zero-order valence-corrected chi connectivity index (χ0v) is 12.2. The van der Waals surface area contributed by atoms with Crippen molar-refractivity contribution in [3.63, 3.8) is 0 Å². The Hall–Kier alpha value is -1.81. The van der Waals surface area contributed by atoms with E-state index in [9.17, 15) is 4.79 Å². The Morgan fingerprint density at radius 2 is 2.15 bits per heavy atom. The van der Waals surface area contributed by atoms with Crippen molar-refractivity contribution in [2.45, 2.75) is 26.0 Å². The van der Waals surface area contributed by atoms with Gasteiger partial charge in [0.05, 0.1) is 0 Å².